The molecule has 0 radical (unpaired) electrons. The average molecular weight is 501 g/mol. The van der Waals surface area contributed by atoms with E-state index in [-0.39, 0.29) is 11.2 Å². The molecule has 34 heavy (non-hydrogen) atoms. The lowest BCUT2D eigenvalue weighted by Crippen LogP contribution is -2.23. The first-order valence-electron chi connectivity index (χ1n) is 9.96. The molecule has 0 aliphatic heterocycles. The van der Waals surface area contributed by atoms with E-state index < -0.39 is 29.7 Å². The van der Waals surface area contributed by atoms with Crippen molar-refractivity contribution in [3.8, 4) is 22.3 Å². The molecule has 2 heterocycles. The molecule has 0 fully saturated rings. The van der Waals surface area contributed by atoms with Gasteiger partial charge < -0.3 is 0 Å². The van der Waals surface area contributed by atoms with Gasteiger partial charge in [-0.1, -0.05) is 47.5 Å². The highest BCUT2D eigenvalue weighted by Crippen LogP contribution is 2.35. The van der Waals surface area contributed by atoms with Crippen LogP contribution >= 0.6 is 23.2 Å². The summed E-state index contributed by atoms with van der Waals surface area (Å²) in [6.07, 6.45) is 1.51. The van der Waals surface area contributed by atoms with Gasteiger partial charge in [0.1, 0.15) is 5.82 Å². The largest absolute Gasteiger partial charge is 0.367 e. The molecule has 5 rings (SSSR count). The molecule has 0 aliphatic carbocycles. The molecule has 0 atom stereocenters. The number of fused-ring (bicyclic) bond motifs is 1. The lowest BCUT2D eigenvalue weighted by molar-refractivity contribution is 0.476. The van der Waals surface area contributed by atoms with Crippen molar-refractivity contribution in [2.24, 2.45) is 0 Å². The van der Waals surface area contributed by atoms with E-state index in [1.165, 1.54) is 6.20 Å². The van der Waals surface area contributed by atoms with Crippen LogP contribution in [-0.2, 0) is 6.54 Å². The predicted octanol–water partition coefficient (Wildman–Crippen LogP) is 6.00. The molecule has 170 valence electrons. The molecule has 3 aromatic carbocycles. The molecule has 0 saturated carbocycles. The van der Waals surface area contributed by atoms with E-state index in [1.807, 2.05) is 0 Å². The summed E-state index contributed by atoms with van der Waals surface area (Å²) >= 11 is 12.1. The summed E-state index contributed by atoms with van der Waals surface area (Å²) in [4.78, 5) is 13.0. The number of benzene rings is 3. The highest BCUT2D eigenvalue weighted by molar-refractivity contribution is 6.31. The van der Waals surface area contributed by atoms with Gasteiger partial charge in [-0.05, 0) is 41.5 Å². The lowest BCUT2D eigenvalue weighted by atomic mass is 9.97. The maximum atomic E-state index is 14.2. The molecule has 0 saturated heterocycles. The SMILES string of the molecule is O=c1n(Cc2cc(F)cc(F)c2F)nc2c(-c3ccc(Cl)cc3)c(-c3ccc(Cl)cc3)cnn12. The Bertz CT molecular complexity index is 1600. The smallest absolute Gasteiger partial charge is 0.244 e. The molecule has 0 aliphatic rings. The Hall–Kier alpha value is -3.62. The average Bonchev–Trinajstić information content (AvgIpc) is 3.13. The molecule has 10 heteroatoms. The molecule has 5 nitrogen and oxygen atoms in total. The van der Waals surface area contributed by atoms with E-state index in [4.69, 9.17) is 23.2 Å². The number of rotatable bonds is 4. The topological polar surface area (TPSA) is 52.2 Å². The second kappa shape index (κ2) is 8.62. The first-order chi connectivity index (χ1) is 16.3. The second-order valence-electron chi connectivity index (χ2n) is 7.48. The molecule has 0 unspecified atom stereocenters. The van der Waals surface area contributed by atoms with Crippen molar-refractivity contribution >= 4 is 28.8 Å². The van der Waals surface area contributed by atoms with Crippen LogP contribution in [-0.4, -0.2) is 19.4 Å². The normalized spacial score (nSPS) is 11.3. The van der Waals surface area contributed by atoms with Crippen LogP contribution < -0.4 is 5.69 Å². The van der Waals surface area contributed by atoms with Gasteiger partial charge in [0.2, 0.25) is 0 Å². The van der Waals surface area contributed by atoms with Gasteiger partial charge in [0.05, 0.1) is 12.7 Å². The molecular weight excluding hydrogens is 488 g/mol. The fourth-order valence-electron chi connectivity index (χ4n) is 3.70. The Morgan fingerprint density at radius 1 is 0.853 bits per heavy atom. The Morgan fingerprint density at radius 2 is 1.47 bits per heavy atom. The van der Waals surface area contributed by atoms with E-state index in [9.17, 15) is 18.0 Å². The minimum Gasteiger partial charge on any atom is -0.244 e. The van der Waals surface area contributed by atoms with Crippen molar-refractivity contribution in [2.45, 2.75) is 6.54 Å². The monoisotopic (exact) mass is 500 g/mol. The standard InChI is InChI=1S/C24H13Cl2F3N4O/c25-16-5-1-13(2-6-16)19-11-30-33-23(21(19)14-3-7-17(26)8-4-14)31-32(24(33)34)12-15-9-18(27)10-20(28)22(15)29/h1-11H,12H2. The quantitative estimate of drug-likeness (QED) is 0.284. The predicted molar refractivity (Wildman–Crippen MR) is 124 cm³/mol. The van der Waals surface area contributed by atoms with Gasteiger partial charge in [-0.3, -0.25) is 0 Å². The highest BCUT2D eigenvalue weighted by atomic mass is 35.5. The van der Waals surface area contributed by atoms with Crippen molar-refractivity contribution in [2.75, 3.05) is 0 Å². The number of aromatic nitrogens is 4. The lowest BCUT2D eigenvalue weighted by Gasteiger charge is -2.11. The molecule has 0 N–H and O–H groups in total. The van der Waals surface area contributed by atoms with E-state index in [0.717, 1.165) is 20.8 Å². The summed E-state index contributed by atoms with van der Waals surface area (Å²) in [6.45, 7) is -0.487. The molecular formula is C24H13Cl2F3N4O. The number of halogens is 5. The fraction of sp³-hybridized carbons (Fsp3) is 0.0417. The molecule has 0 spiro atoms. The first-order valence-corrected chi connectivity index (χ1v) is 10.7. The van der Waals surface area contributed by atoms with Crippen LogP contribution in [0.15, 0.2) is 71.7 Å². The molecule has 5 aromatic rings. The Labute approximate surface area is 200 Å². The van der Waals surface area contributed by atoms with Crippen molar-refractivity contribution in [1.29, 1.82) is 0 Å². The van der Waals surface area contributed by atoms with Crippen LogP contribution in [0.2, 0.25) is 10.0 Å². The third kappa shape index (κ3) is 3.95. The van der Waals surface area contributed by atoms with E-state index in [0.29, 0.717) is 32.8 Å². The summed E-state index contributed by atoms with van der Waals surface area (Å²) in [6, 6.07) is 15.2. The van der Waals surface area contributed by atoms with Crippen LogP contribution in [0.1, 0.15) is 5.56 Å². The van der Waals surface area contributed by atoms with Gasteiger partial charge in [0.15, 0.2) is 17.3 Å². The summed E-state index contributed by atoms with van der Waals surface area (Å²) in [5.41, 5.74) is 1.82. The summed E-state index contributed by atoms with van der Waals surface area (Å²) in [5, 5.41) is 9.64. The second-order valence-corrected chi connectivity index (χ2v) is 8.36. The zero-order valence-corrected chi connectivity index (χ0v) is 18.7. The fourth-order valence-corrected chi connectivity index (χ4v) is 3.95. The summed E-state index contributed by atoms with van der Waals surface area (Å²) in [7, 11) is 0. The Kier molecular flexibility index (Phi) is 5.63. The number of hydrogen-bond acceptors (Lipinski definition) is 3. The summed E-state index contributed by atoms with van der Waals surface area (Å²) in [5.74, 6) is -3.56. The molecule has 2 aromatic heterocycles. The molecule has 0 bridgehead atoms. The first kappa shape index (κ1) is 22.2. The maximum Gasteiger partial charge on any atom is 0.367 e. The third-order valence-electron chi connectivity index (χ3n) is 5.29. The van der Waals surface area contributed by atoms with Crippen LogP contribution in [0.5, 0.6) is 0 Å². The van der Waals surface area contributed by atoms with Gasteiger partial charge in [-0.15, -0.1) is 5.10 Å². The van der Waals surface area contributed by atoms with Crippen LogP contribution in [0.25, 0.3) is 27.9 Å². The van der Waals surface area contributed by atoms with Crippen LogP contribution in [0.3, 0.4) is 0 Å². The van der Waals surface area contributed by atoms with Gasteiger partial charge in [-0.2, -0.15) is 9.61 Å². The van der Waals surface area contributed by atoms with Crippen molar-refractivity contribution in [3.63, 3.8) is 0 Å². The highest BCUT2D eigenvalue weighted by Gasteiger charge is 2.20. The van der Waals surface area contributed by atoms with Crippen molar-refractivity contribution in [1.82, 2.24) is 19.4 Å². The summed E-state index contributed by atoms with van der Waals surface area (Å²) < 4.78 is 43.5. The Morgan fingerprint density at radius 3 is 2.12 bits per heavy atom. The zero-order valence-electron chi connectivity index (χ0n) is 17.1. The van der Waals surface area contributed by atoms with Gasteiger partial charge in [0, 0.05) is 32.8 Å². The van der Waals surface area contributed by atoms with Crippen molar-refractivity contribution in [3.05, 3.63) is 110 Å². The maximum absolute atomic E-state index is 14.2. The zero-order chi connectivity index (χ0) is 24.0. The number of hydrogen-bond donors (Lipinski definition) is 0. The van der Waals surface area contributed by atoms with Gasteiger partial charge in [-0.25, -0.2) is 22.6 Å². The molecule has 0 amide bonds. The van der Waals surface area contributed by atoms with Crippen molar-refractivity contribution < 1.29 is 13.2 Å². The number of nitrogens with zero attached hydrogens (tertiary/aromatic N) is 4. The van der Waals surface area contributed by atoms with E-state index in [1.54, 1.807) is 48.5 Å². The minimum absolute atomic E-state index is 0.178. The third-order valence-corrected chi connectivity index (χ3v) is 5.79. The Balaban J connectivity index is 1.74. The van der Waals surface area contributed by atoms with Gasteiger partial charge >= 0.3 is 5.69 Å². The van der Waals surface area contributed by atoms with Crippen LogP contribution in [0.4, 0.5) is 13.2 Å². The van der Waals surface area contributed by atoms with Gasteiger partial charge in [0.25, 0.3) is 0 Å². The van der Waals surface area contributed by atoms with Crippen LogP contribution in [0, 0.1) is 17.5 Å². The van der Waals surface area contributed by atoms with E-state index in [2.05, 4.69) is 10.2 Å². The van der Waals surface area contributed by atoms with E-state index >= 15 is 0 Å². The minimum atomic E-state index is -1.35.